The number of rotatable bonds is 11. The van der Waals surface area contributed by atoms with Crippen LogP contribution in [0.5, 0.6) is 0 Å². The van der Waals surface area contributed by atoms with E-state index >= 15 is 0 Å². The Balaban J connectivity index is 4.07. The van der Waals surface area contributed by atoms with Crippen LogP contribution in [-0.2, 0) is 14.4 Å². The fourth-order valence-corrected chi connectivity index (χ4v) is 1.62. The monoisotopic (exact) mass is 302 g/mol. The van der Waals surface area contributed by atoms with E-state index in [2.05, 4.69) is 10.6 Å². The van der Waals surface area contributed by atoms with E-state index in [4.69, 9.17) is 10.2 Å². The van der Waals surface area contributed by atoms with Crippen LogP contribution in [0.15, 0.2) is 0 Å². The quantitative estimate of drug-likeness (QED) is 0.416. The molecule has 0 saturated carbocycles. The summed E-state index contributed by atoms with van der Waals surface area (Å²) in [5.41, 5.74) is 0. The normalized spacial score (nSPS) is 11.5. The Bertz CT molecular complexity index is 383. The van der Waals surface area contributed by atoms with Gasteiger partial charge in [0.2, 0.25) is 0 Å². The molecule has 4 N–H and O–H groups in total. The van der Waals surface area contributed by atoms with Gasteiger partial charge in [0.05, 0.1) is 0 Å². The SMILES string of the molecule is CCCC(=O)CC[C@H](NC(=O)NCCCC(=O)O)C(=O)O. The topological polar surface area (TPSA) is 133 Å². The minimum Gasteiger partial charge on any atom is -0.481 e. The number of carbonyl (C=O) groups excluding carboxylic acids is 2. The molecule has 1 atom stereocenters. The highest BCUT2D eigenvalue weighted by Crippen LogP contribution is 2.03. The molecule has 0 aromatic carbocycles. The van der Waals surface area contributed by atoms with Crippen molar-refractivity contribution in [3.05, 3.63) is 0 Å². The molecule has 8 heteroatoms. The predicted octanol–water partition coefficient (Wildman–Crippen LogP) is 0.753. The second kappa shape index (κ2) is 10.6. The molecule has 0 fully saturated rings. The third kappa shape index (κ3) is 10.3. The first-order valence-electron chi connectivity index (χ1n) is 6.87. The third-order valence-electron chi connectivity index (χ3n) is 2.70. The number of ketones is 1. The van der Waals surface area contributed by atoms with Crippen molar-refractivity contribution in [2.24, 2.45) is 0 Å². The minimum absolute atomic E-state index is 0.0348. The van der Waals surface area contributed by atoms with Crippen molar-refractivity contribution in [3.63, 3.8) is 0 Å². The highest BCUT2D eigenvalue weighted by molar-refractivity contribution is 5.84. The summed E-state index contributed by atoms with van der Waals surface area (Å²) >= 11 is 0. The number of carboxylic acid groups (broad SMARTS) is 2. The second-order valence-electron chi connectivity index (χ2n) is 4.62. The van der Waals surface area contributed by atoms with Gasteiger partial charge in [0.15, 0.2) is 0 Å². The van der Waals surface area contributed by atoms with Crippen LogP contribution < -0.4 is 10.6 Å². The molecular formula is C13H22N2O6. The van der Waals surface area contributed by atoms with Gasteiger partial charge < -0.3 is 20.8 Å². The molecule has 0 rings (SSSR count). The van der Waals surface area contributed by atoms with Crippen molar-refractivity contribution >= 4 is 23.8 Å². The van der Waals surface area contributed by atoms with Crippen LogP contribution in [0.3, 0.4) is 0 Å². The van der Waals surface area contributed by atoms with Crippen LogP contribution in [-0.4, -0.2) is 46.6 Å². The first kappa shape index (κ1) is 18.9. The standard InChI is InChI=1S/C13H22N2O6/c1-2-4-9(16)6-7-10(12(19)20)15-13(21)14-8-3-5-11(17)18/h10H,2-8H2,1H3,(H,17,18)(H,19,20)(H2,14,15,21)/t10-/m0/s1. The molecule has 8 nitrogen and oxygen atoms in total. The average molecular weight is 302 g/mol. The van der Waals surface area contributed by atoms with Gasteiger partial charge in [-0.2, -0.15) is 0 Å². The molecule has 0 aliphatic rings. The largest absolute Gasteiger partial charge is 0.481 e. The van der Waals surface area contributed by atoms with Crippen molar-refractivity contribution in [3.8, 4) is 0 Å². The summed E-state index contributed by atoms with van der Waals surface area (Å²) in [5, 5.41) is 22.0. The molecule has 2 amide bonds. The summed E-state index contributed by atoms with van der Waals surface area (Å²) < 4.78 is 0. The number of hydrogen-bond acceptors (Lipinski definition) is 4. The van der Waals surface area contributed by atoms with Crippen molar-refractivity contribution in [2.75, 3.05) is 6.54 Å². The lowest BCUT2D eigenvalue weighted by molar-refractivity contribution is -0.139. The van der Waals surface area contributed by atoms with Gasteiger partial charge in [-0.1, -0.05) is 6.92 Å². The zero-order valence-corrected chi connectivity index (χ0v) is 12.1. The Morgan fingerprint density at radius 2 is 1.71 bits per heavy atom. The number of hydrogen-bond donors (Lipinski definition) is 4. The molecule has 0 aliphatic heterocycles. The van der Waals surface area contributed by atoms with Gasteiger partial charge in [0.25, 0.3) is 0 Å². The van der Waals surface area contributed by atoms with Crippen LogP contribution in [0.25, 0.3) is 0 Å². The van der Waals surface area contributed by atoms with Gasteiger partial charge >= 0.3 is 18.0 Å². The Kier molecular flexibility index (Phi) is 9.57. The van der Waals surface area contributed by atoms with Crippen molar-refractivity contribution in [1.29, 1.82) is 0 Å². The molecule has 120 valence electrons. The maximum Gasteiger partial charge on any atom is 0.326 e. The number of amides is 2. The fraction of sp³-hybridized carbons (Fsp3) is 0.692. The number of Topliss-reactive ketones (excluding diaryl/α,β-unsaturated/α-hetero) is 1. The summed E-state index contributed by atoms with van der Waals surface area (Å²) in [5.74, 6) is -2.21. The zero-order valence-electron chi connectivity index (χ0n) is 12.1. The van der Waals surface area contributed by atoms with E-state index in [0.29, 0.717) is 12.8 Å². The van der Waals surface area contributed by atoms with E-state index in [1.165, 1.54) is 0 Å². The number of carbonyl (C=O) groups is 4. The maximum atomic E-state index is 11.5. The van der Waals surface area contributed by atoms with Crippen LogP contribution >= 0.6 is 0 Å². The Morgan fingerprint density at radius 3 is 2.24 bits per heavy atom. The third-order valence-corrected chi connectivity index (χ3v) is 2.70. The number of urea groups is 1. The lowest BCUT2D eigenvalue weighted by atomic mass is 10.1. The van der Waals surface area contributed by atoms with Gasteiger partial charge in [-0.25, -0.2) is 9.59 Å². The number of aliphatic carboxylic acids is 2. The lowest BCUT2D eigenvalue weighted by Crippen LogP contribution is -2.46. The second-order valence-corrected chi connectivity index (χ2v) is 4.62. The molecule has 0 saturated heterocycles. The van der Waals surface area contributed by atoms with E-state index in [-0.39, 0.29) is 38.0 Å². The smallest absolute Gasteiger partial charge is 0.326 e. The fourth-order valence-electron chi connectivity index (χ4n) is 1.62. The Labute approximate surface area is 122 Å². The van der Waals surface area contributed by atoms with E-state index in [1.54, 1.807) is 0 Å². The van der Waals surface area contributed by atoms with Gasteiger partial charge in [-0.05, 0) is 19.3 Å². The first-order chi connectivity index (χ1) is 9.86. The van der Waals surface area contributed by atoms with Gasteiger partial charge in [-0.15, -0.1) is 0 Å². The van der Waals surface area contributed by atoms with Crippen molar-refractivity contribution in [1.82, 2.24) is 10.6 Å². The van der Waals surface area contributed by atoms with Crippen LogP contribution in [0, 0.1) is 0 Å². The van der Waals surface area contributed by atoms with Crippen LogP contribution in [0.2, 0.25) is 0 Å². The predicted molar refractivity (Wildman–Crippen MR) is 74.0 cm³/mol. The molecule has 0 spiro atoms. The van der Waals surface area contributed by atoms with E-state index in [9.17, 15) is 19.2 Å². The molecule has 0 aliphatic carbocycles. The summed E-state index contributed by atoms with van der Waals surface area (Å²) in [4.78, 5) is 44.1. The summed E-state index contributed by atoms with van der Waals surface area (Å²) in [7, 11) is 0. The van der Waals surface area contributed by atoms with Gasteiger partial charge in [0.1, 0.15) is 11.8 Å². The van der Waals surface area contributed by atoms with Crippen molar-refractivity contribution in [2.45, 2.75) is 51.5 Å². The van der Waals surface area contributed by atoms with E-state index in [0.717, 1.165) is 0 Å². The lowest BCUT2D eigenvalue weighted by Gasteiger charge is -2.14. The Morgan fingerprint density at radius 1 is 1.05 bits per heavy atom. The Hall–Kier alpha value is -2.12. The molecule has 0 bridgehead atoms. The molecule has 0 aromatic rings. The zero-order chi connectivity index (χ0) is 16.3. The average Bonchev–Trinajstić information content (AvgIpc) is 2.39. The minimum atomic E-state index is -1.21. The highest BCUT2D eigenvalue weighted by atomic mass is 16.4. The molecule has 0 aromatic heterocycles. The summed E-state index contributed by atoms with van der Waals surface area (Å²) in [6.07, 6.45) is 1.42. The van der Waals surface area contributed by atoms with Crippen LogP contribution in [0.4, 0.5) is 4.79 Å². The molecule has 0 radical (unpaired) electrons. The van der Waals surface area contributed by atoms with E-state index in [1.807, 2.05) is 6.92 Å². The molecule has 0 heterocycles. The van der Waals surface area contributed by atoms with Gasteiger partial charge in [-0.3, -0.25) is 9.59 Å². The highest BCUT2D eigenvalue weighted by Gasteiger charge is 2.20. The van der Waals surface area contributed by atoms with Crippen LogP contribution in [0.1, 0.15) is 45.4 Å². The summed E-state index contributed by atoms with van der Waals surface area (Å²) in [6, 6.07) is -1.82. The summed E-state index contributed by atoms with van der Waals surface area (Å²) in [6.45, 7) is 1.99. The number of nitrogens with one attached hydrogen (secondary N) is 2. The molecule has 0 unspecified atom stereocenters. The molecule has 21 heavy (non-hydrogen) atoms. The van der Waals surface area contributed by atoms with E-state index < -0.39 is 24.0 Å². The van der Waals surface area contributed by atoms with Crippen molar-refractivity contribution < 1.29 is 29.4 Å². The number of carboxylic acids is 2. The maximum absolute atomic E-state index is 11.5. The van der Waals surface area contributed by atoms with Gasteiger partial charge in [0, 0.05) is 25.8 Å². The first-order valence-corrected chi connectivity index (χ1v) is 6.87. The molecular weight excluding hydrogens is 280 g/mol.